The van der Waals surface area contributed by atoms with E-state index in [1.807, 2.05) is 42.5 Å². The predicted molar refractivity (Wildman–Crippen MR) is 86.9 cm³/mol. The highest BCUT2D eigenvalue weighted by molar-refractivity contribution is 5.58. The molecular formula is C18H23NO2. The first kappa shape index (κ1) is 15.2. The molecule has 0 aromatic heterocycles. The zero-order valence-electron chi connectivity index (χ0n) is 12.7. The molecule has 0 atom stereocenters. The van der Waals surface area contributed by atoms with E-state index in [4.69, 9.17) is 4.74 Å². The SMILES string of the molecule is CCC(CC)Nc1ccc(OCc2ccccc2)cc1O. The smallest absolute Gasteiger partial charge is 0.142 e. The Morgan fingerprint density at radius 3 is 2.38 bits per heavy atom. The molecule has 2 N–H and O–H groups in total. The molecular weight excluding hydrogens is 262 g/mol. The van der Waals surface area contributed by atoms with Gasteiger partial charge in [0, 0.05) is 12.1 Å². The maximum atomic E-state index is 10.1. The number of phenols is 1. The molecule has 2 aromatic carbocycles. The van der Waals surface area contributed by atoms with Gasteiger partial charge in [-0.1, -0.05) is 44.2 Å². The number of benzene rings is 2. The Morgan fingerprint density at radius 2 is 1.76 bits per heavy atom. The Hall–Kier alpha value is -2.16. The first-order valence-electron chi connectivity index (χ1n) is 7.49. The highest BCUT2D eigenvalue weighted by atomic mass is 16.5. The summed E-state index contributed by atoms with van der Waals surface area (Å²) < 4.78 is 5.70. The van der Waals surface area contributed by atoms with Crippen molar-refractivity contribution in [3.63, 3.8) is 0 Å². The van der Waals surface area contributed by atoms with Gasteiger partial charge < -0.3 is 15.2 Å². The Balaban J connectivity index is 1.98. The van der Waals surface area contributed by atoms with E-state index in [0.717, 1.165) is 24.1 Å². The first-order valence-corrected chi connectivity index (χ1v) is 7.49. The van der Waals surface area contributed by atoms with Crippen molar-refractivity contribution < 1.29 is 9.84 Å². The molecule has 0 aliphatic rings. The van der Waals surface area contributed by atoms with E-state index >= 15 is 0 Å². The third-order valence-electron chi connectivity index (χ3n) is 3.56. The third kappa shape index (κ3) is 4.42. The van der Waals surface area contributed by atoms with E-state index in [2.05, 4.69) is 19.2 Å². The van der Waals surface area contributed by atoms with Gasteiger partial charge in [0.15, 0.2) is 0 Å². The molecule has 21 heavy (non-hydrogen) atoms. The number of hydrogen-bond acceptors (Lipinski definition) is 3. The summed E-state index contributed by atoms with van der Waals surface area (Å²) in [4.78, 5) is 0. The molecule has 3 heteroatoms. The molecule has 2 aromatic rings. The molecule has 0 aliphatic carbocycles. The van der Waals surface area contributed by atoms with Crippen LogP contribution in [0.4, 0.5) is 5.69 Å². The molecule has 2 rings (SSSR count). The maximum Gasteiger partial charge on any atom is 0.142 e. The van der Waals surface area contributed by atoms with Crippen molar-refractivity contribution in [3.05, 3.63) is 54.1 Å². The zero-order valence-corrected chi connectivity index (χ0v) is 12.7. The van der Waals surface area contributed by atoms with Crippen LogP contribution in [0.2, 0.25) is 0 Å². The molecule has 0 saturated carbocycles. The highest BCUT2D eigenvalue weighted by Crippen LogP contribution is 2.29. The number of hydrogen-bond donors (Lipinski definition) is 2. The quantitative estimate of drug-likeness (QED) is 0.732. The van der Waals surface area contributed by atoms with E-state index in [1.54, 1.807) is 6.07 Å². The minimum Gasteiger partial charge on any atom is -0.506 e. The molecule has 0 fully saturated rings. The number of aromatic hydroxyl groups is 1. The molecule has 0 heterocycles. The van der Waals surface area contributed by atoms with Crippen molar-refractivity contribution in [2.75, 3.05) is 5.32 Å². The van der Waals surface area contributed by atoms with Crippen LogP contribution in [0.1, 0.15) is 32.3 Å². The second kappa shape index (κ2) is 7.58. The van der Waals surface area contributed by atoms with Crippen LogP contribution in [0, 0.1) is 0 Å². The Morgan fingerprint density at radius 1 is 1.05 bits per heavy atom. The predicted octanol–water partition coefficient (Wildman–Crippen LogP) is 4.57. The van der Waals surface area contributed by atoms with Gasteiger partial charge in [-0.05, 0) is 30.5 Å². The topological polar surface area (TPSA) is 41.5 Å². The average Bonchev–Trinajstić information content (AvgIpc) is 2.53. The van der Waals surface area contributed by atoms with Gasteiger partial charge in [-0.3, -0.25) is 0 Å². The van der Waals surface area contributed by atoms with Crippen molar-refractivity contribution in [2.24, 2.45) is 0 Å². The average molecular weight is 285 g/mol. The standard InChI is InChI=1S/C18H23NO2/c1-3-15(4-2)19-17-11-10-16(12-18(17)20)21-13-14-8-6-5-7-9-14/h5-12,15,19-20H,3-4,13H2,1-2H3. The Labute approximate surface area is 126 Å². The van der Waals surface area contributed by atoms with Gasteiger partial charge >= 0.3 is 0 Å². The van der Waals surface area contributed by atoms with Crippen LogP contribution in [0.3, 0.4) is 0 Å². The molecule has 3 nitrogen and oxygen atoms in total. The zero-order chi connectivity index (χ0) is 15.1. The lowest BCUT2D eigenvalue weighted by atomic mass is 10.1. The third-order valence-corrected chi connectivity index (χ3v) is 3.56. The summed E-state index contributed by atoms with van der Waals surface area (Å²) in [6, 6.07) is 15.8. The normalized spacial score (nSPS) is 10.6. The molecule has 112 valence electrons. The van der Waals surface area contributed by atoms with Crippen molar-refractivity contribution in [1.29, 1.82) is 0 Å². The number of phenolic OH excluding ortho intramolecular Hbond substituents is 1. The van der Waals surface area contributed by atoms with Crippen molar-refractivity contribution >= 4 is 5.69 Å². The lowest BCUT2D eigenvalue weighted by Crippen LogP contribution is -2.16. The minimum absolute atomic E-state index is 0.229. The second-order valence-electron chi connectivity index (χ2n) is 5.11. The summed E-state index contributed by atoms with van der Waals surface area (Å²) in [5, 5.41) is 13.4. The van der Waals surface area contributed by atoms with Crippen LogP contribution in [0.15, 0.2) is 48.5 Å². The summed E-state index contributed by atoms with van der Waals surface area (Å²) in [6.07, 6.45) is 2.06. The van der Waals surface area contributed by atoms with Crippen molar-refractivity contribution in [1.82, 2.24) is 0 Å². The van der Waals surface area contributed by atoms with Gasteiger partial charge in [-0.2, -0.15) is 0 Å². The summed E-state index contributed by atoms with van der Waals surface area (Å²) in [6.45, 7) is 4.77. The van der Waals surface area contributed by atoms with Crippen LogP contribution >= 0.6 is 0 Å². The maximum absolute atomic E-state index is 10.1. The number of ether oxygens (including phenoxy) is 1. The summed E-state index contributed by atoms with van der Waals surface area (Å²) in [7, 11) is 0. The fourth-order valence-electron chi connectivity index (χ4n) is 2.18. The summed E-state index contributed by atoms with van der Waals surface area (Å²) in [5.41, 5.74) is 1.87. The van der Waals surface area contributed by atoms with Crippen LogP contribution in [0.25, 0.3) is 0 Å². The molecule has 0 bridgehead atoms. The fraction of sp³-hybridized carbons (Fsp3) is 0.333. The lowest BCUT2D eigenvalue weighted by molar-refractivity contribution is 0.304. The van der Waals surface area contributed by atoms with E-state index in [0.29, 0.717) is 18.4 Å². The largest absolute Gasteiger partial charge is 0.506 e. The highest BCUT2D eigenvalue weighted by Gasteiger charge is 2.08. The van der Waals surface area contributed by atoms with Crippen molar-refractivity contribution in [2.45, 2.75) is 39.3 Å². The van der Waals surface area contributed by atoms with Gasteiger partial charge in [0.05, 0.1) is 5.69 Å². The van der Waals surface area contributed by atoms with Gasteiger partial charge in [0.1, 0.15) is 18.1 Å². The Kier molecular flexibility index (Phi) is 5.50. The monoisotopic (exact) mass is 285 g/mol. The summed E-state index contributed by atoms with van der Waals surface area (Å²) in [5.74, 6) is 0.902. The molecule has 0 amide bonds. The minimum atomic E-state index is 0.229. The van der Waals surface area contributed by atoms with Gasteiger partial charge in [-0.15, -0.1) is 0 Å². The number of anilines is 1. The van der Waals surface area contributed by atoms with Gasteiger partial charge in [0.2, 0.25) is 0 Å². The van der Waals surface area contributed by atoms with Crippen LogP contribution in [-0.2, 0) is 6.61 Å². The van der Waals surface area contributed by atoms with E-state index in [9.17, 15) is 5.11 Å². The molecule has 0 saturated heterocycles. The number of nitrogens with one attached hydrogen (secondary N) is 1. The van der Waals surface area contributed by atoms with E-state index in [-0.39, 0.29) is 5.75 Å². The Bertz CT molecular complexity index is 550. The van der Waals surface area contributed by atoms with Gasteiger partial charge in [0.25, 0.3) is 0 Å². The molecule has 0 spiro atoms. The second-order valence-corrected chi connectivity index (χ2v) is 5.11. The van der Waals surface area contributed by atoms with Crippen LogP contribution in [-0.4, -0.2) is 11.1 Å². The summed E-state index contributed by atoms with van der Waals surface area (Å²) >= 11 is 0. The van der Waals surface area contributed by atoms with E-state index in [1.165, 1.54) is 0 Å². The van der Waals surface area contributed by atoms with Crippen LogP contribution in [0.5, 0.6) is 11.5 Å². The lowest BCUT2D eigenvalue weighted by Gasteiger charge is -2.17. The van der Waals surface area contributed by atoms with Crippen LogP contribution < -0.4 is 10.1 Å². The fourth-order valence-corrected chi connectivity index (χ4v) is 2.18. The molecule has 0 radical (unpaired) electrons. The van der Waals surface area contributed by atoms with Gasteiger partial charge in [-0.25, -0.2) is 0 Å². The molecule has 0 unspecified atom stereocenters. The van der Waals surface area contributed by atoms with Crippen molar-refractivity contribution in [3.8, 4) is 11.5 Å². The first-order chi connectivity index (χ1) is 10.2. The van der Waals surface area contributed by atoms with E-state index < -0.39 is 0 Å². The molecule has 0 aliphatic heterocycles. The number of rotatable bonds is 7.